The Kier molecular flexibility index (Phi) is 11.7. The summed E-state index contributed by atoms with van der Waals surface area (Å²) in [6, 6.07) is 84.2. The van der Waals surface area contributed by atoms with Gasteiger partial charge in [-0.3, -0.25) is 0 Å². The highest BCUT2D eigenvalue weighted by molar-refractivity contribution is 5.90. The molecule has 0 fully saturated rings. The highest BCUT2D eigenvalue weighted by Gasteiger charge is 2.31. The summed E-state index contributed by atoms with van der Waals surface area (Å²) in [6.45, 7) is 8.33. The van der Waals surface area contributed by atoms with Crippen LogP contribution in [0.3, 0.4) is 0 Å². The van der Waals surface area contributed by atoms with Gasteiger partial charge < -0.3 is 0 Å². The Hall–Kier alpha value is -9.38. The number of aromatic nitrogens is 4. The number of aryl methyl sites for hydroxylation is 1. The minimum atomic E-state index is -0.499. The molecule has 0 radical (unpaired) electrons. The smallest absolute Gasteiger partial charge is 0.160 e. The topological polar surface area (TPSA) is 51.6 Å². The molecule has 10 aromatic carbocycles. The Bertz CT molecular complexity index is 3960. The molecule has 0 N–H and O–H groups in total. The van der Waals surface area contributed by atoms with E-state index in [1.165, 1.54) is 38.1 Å². The molecular formula is C69H50N4. The Morgan fingerprint density at radius 3 is 1.16 bits per heavy atom. The number of allylic oxidation sites excluding steroid dienone is 2. The van der Waals surface area contributed by atoms with Crippen LogP contribution in [0.25, 0.3) is 106 Å². The van der Waals surface area contributed by atoms with Gasteiger partial charge in [-0.25, -0.2) is 19.9 Å². The second-order valence-electron chi connectivity index (χ2n) is 18.9. The van der Waals surface area contributed by atoms with E-state index in [0.29, 0.717) is 11.6 Å². The van der Waals surface area contributed by atoms with Crippen molar-refractivity contribution in [2.45, 2.75) is 19.3 Å². The highest BCUT2D eigenvalue weighted by Crippen LogP contribution is 2.41. The molecule has 0 saturated carbocycles. The van der Waals surface area contributed by atoms with E-state index in [-0.39, 0.29) is 0 Å². The summed E-state index contributed by atoms with van der Waals surface area (Å²) >= 11 is 0. The van der Waals surface area contributed by atoms with Gasteiger partial charge in [0.15, 0.2) is 11.6 Å². The van der Waals surface area contributed by atoms with E-state index in [0.717, 1.165) is 78.2 Å². The number of rotatable bonds is 11. The predicted octanol–water partition coefficient (Wildman–Crippen LogP) is 17.6. The molecule has 0 aliphatic carbocycles. The van der Waals surface area contributed by atoms with E-state index in [9.17, 15) is 0 Å². The van der Waals surface area contributed by atoms with Crippen LogP contribution in [-0.4, -0.2) is 19.9 Å². The summed E-state index contributed by atoms with van der Waals surface area (Å²) in [5, 5.41) is 7.06. The molecule has 0 aliphatic heterocycles. The average Bonchev–Trinajstić information content (AvgIpc) is 3.46. The first-order valence-corrected chi connectivity index (χ1v) is 24.8. The maximum Gasteiger partial charge on any atom is 0.160 e. The number of nitrogens with zero attached hydrogens (tertiary/aromatic N) is 4. The van der Waals surface area contributed by atoms with E-state index in [1.807, 2.05) is 6.08 Å². The quantitative estimate of drug-likeness (QED) is 0.0958. The molecule has 4 heteroatoms. The van der Waals surface area contributed by atoms with Gasteiger partial charge in [-0.1, -0.05) is 225 Å². The van der Waals surface area contributed by atoms with Gasteiger partial charge >= 0.3 is 0 Å². The third-order valence-corrected chi connectivity index (χ3v) is 14.4. The van der Waals surface area contributed by atoms with Gasteiger partial charge in [0.2, 0.25) is 0 Å². The van der Waals surface area contributed by atoms with Crippen LogP contribution < -0.4 is 0 Å². The maximum atomic E-state index is 5.27. The summed E-state index contributed by atoms with van der Waals surface area (Å²) in [5.41, 5.74) is 14.8. The van der Waals surface area contributed by atoms with Crippen molar-refractivity contribution >= 4 is 38.4 Å². The summed E-state index contributed by atoms with van der Waals surface area (Å²) in [5.74, 6) is 1.36. The zero-order valence-electron chi connectivity index (χ0n) is 40.7. The molecule has 4 nitrogen and oxygen atoms in total. The van der Waals surface area contributed by atoms with Crippen LogP contribution in [0.2, 0.25) is 0 Å². The van der Waals surface area contributed by atoms with Crippen molar-refractivity contribution in [1.82, 2.24) is 19.9 Å². The molecule has 1 unspecified atom stereocenters. The molecule has 0 bridgehead atoms. The zero-order chi connectivity index (χ0) is 49.3. The molecule has 1 atom stereocenters. The van der Waals surface area contributed by atoms with E-state index in [4.69, 9.17) is 19.9 Å². The van der Waals surface area contributed by atoms with Gasteiger partial charge in [0.05, 0.1) is 22.8 Å². The van der Waals surface area contributed by atoms with Crippen LogP contribution in [0.1, 0.15) is 34.7 Å². The third kappa shape index (κ3) is 8.81. The highest BCUT2D eigenvalue weighted by atomic mass is 14.9. The summed E-state index contributed by atoms with van der Waals surface area (Å²) in [6.07, 6.45) is 5.85. The van der Waals surface area contributed by atoms with Crippen molar-refractivity contribution in [1.29, 1.82) is 0 Å². The first-order valence-electron chi connectivity index (χ1n) is 24.8. The Labute approximate surface area is 426 Å². The summed E-state index contributed by atoms with van der Waals surface area (Å²) in [4.78, 5) is 21.0. The molecule has 0 saturated heterocycles. The van der Waals surface area contributed by atoms with E-state index in [2.05, 4.69) is 263 Å². The largest absolute Gasteiger partial charge is 0.228 e. The van der Waals surface area contributed by atoms with Crippen molar-refractivity contribution in [3.63, 3.8) is 0 Å². The molecule has 0 amide bonds. The van der Waals surface area contributed by atoms with Crippen molar-refractivity contribution in [3.8, 4) is 67.8 Å². The lowest BCUT2D eigenvalue weighted by molar-refractivity contribution is 0.693. The minimum Gasteiger partial charge on any atom is -0.228 e. The van der Waals surface area contributed by atoms with Crippen molar-refractivity contribution < 1.29 is 0 Å². The summed E-state index contributed by atoms with van der Waals surface area (Å²) in [7, 11) is 0. The van der Waals surface area contributed by atoms with E-state index in [1.54, 1.807) is 6.08 Å². The van der Waals surface area contributed by atoms with Gasteiger partial charge in [0.25, 0.3) is 0 Å². The molecule has 12 aromatic rings. The van der Waals surface area contributed by atoms with Gasteiger partial charge in [-0.15, -0.1) is 0 Å². The second kappa shape index (κ2) is 19.1. The van der Waals surface area contributed by atoms with E-state index < -0.39 is 5.41 Å². The molecule has 2 aromatic heterocycles. The van der Waals surface area contributed by atoms with Crippen molar-refractivity contribution in [3.05, 3.63) is 283 Å². The molecule has 0 spiro atoms. The molecule has 346 valence electrons. The van der Waals surface area contributed by atoms with Crippen LogP contribution in [0.5, 0.6) is 0 Å². The van der Waals surface area contributed by atoms with Crippen LogP contribution in [-0.2, 0) is 5.41 Å². The SMILES string of the molecule is C=C/C=C\c1cc(-c2nc(-c3ccc(C(C)(c4ccccc4)c4ccc(-c5cc(-c6ccc7ccccc7c6)nc(-c6ccc7ccccc7c6)n5)cc4)cc3)cc(-c3ccc4ccccc4c3)n2)ccc1C. The van der Waals surface area contributed by atoms with Crippen LogP contribution in [0, 0.1) is 6.92 Å². The Morgan fingerprint density at radius 2 is 0.699 bits per heavy atom. The van der Waals surface area contributed by atoms with Crippen LogP contribution in [0.15, 0.2) is 255 Å². The predicted molar refractivity (Wildman–Crippen MR) is 305 cm³/mol. The van der Waals surface area contributed by atoms with Crippen LogP contribution >= 0.6 is 0 Å². The molecular weight excluding hydrogens is 885 g/mol. The van der Waals surface area contributed by atoms with Crippen LogP contribution in [0.4, 0.5) is 0 Å². The molecule has 12 rings (SSSR count). The normalized spacial score (nSPS) is 12.4. The molecule has 73 heavy (non-hydrogen) atoms. The maximum absolute atomic E-state index is 5.27. The lowest BCUT2D eigenvalue weighted by Crippen LogP contribution is -2.25. The average molecular weight is 935 g/mol. The number of benzene rings is 10. The fraction of sp³-hybridized carbons (Fsp3) is 0.0435. The molecule has 2 heterocycles. The fourth-order valence-corrected chi connectivity index (χ4v) is 10.1. The fourth-order valence-electron chi connectivity index (χ4n) is 10.1. The van der Waals surface area contributed by atoms with Gasteiger partial charge in [-0.2, -0.15) is 0 Å². The van der Waals surface area contributed by atoms with Gasteiger partial charge in [-0.05, 0) is 110 Å². The molecule has 0 aliphatic rings. The monoisotopic (exact) mass is 934 g/mol. The Balaban J connectivity index is 0.936. The van der Waals surface area contributed by atoms with Crippen molar-refractivity contribution in [2.75, 3.05) is 0 Å². The van der Waals surface area contributed by atoms with Gasteiger partial charge in [0.1, 0.15) is 0 Å². The second-order valence-corrected chi connectivity index (χ2v) is 18.9. The lowest BCUT2D eigenvalue weighted by Gasteiger charge is -2.32. The minimum absolute atomic E-state index is 0.499. The first-order chi connectivity index (χ1) is 35.9. The zero-order valence-corrected chi connectivity index (χ0v) is 40.7. The van der Waals surface area contributed by atoms with Gasteiger partial charge in [0, 0.05) is 38.8 Å². The first kappa shape index (κ1) is 44.8. The van der Waals surface area contributed by atoms with Crippen molar-refractivity contribution in [2.24, 2.45) is 0 Å². The summed E-state index contributed by atoms with van der Waals surface area (Å²) < 4.78 is 0. The standard InChI is InChI=1S/C69H50N4/c1-4-5-15-52-40-58(25-24-46(52)2)67-70-63(44-65(72-67)56-29-26-47-16-9-12-19-53(47)41-56)50-32-36-61(37-33-50)69(3,60-22-7-6-8-23-60)62-38-34-51(35-39-62)64-45-66(57-30-27-48-17-10-13-20-54(48)42-57)73-68(71-64)59-31-28-49-18-11-14-21-55(49)43-59/h4-45H,1H2,2-3H3/b15-5-. The number of hydrogen-bond acceptors (Lipinski definition) is 4. The number of fused-ring (bicyclic) bond motifs is 3. The lowest BCUT2D eigenvalue weighted by atomic mass is 9.71. The Morgan fingerprint density at radius 1 is 0.342 bits per heavy atom. The number of hydrogen-bond donors (Lipinski definition) is 0. The third-order valence-electron chi connectivity index (χ3n) is 14.4. The van der Waals surface area contributed by atoms with E-state index >= 15 is 0 Å².